The Kier molecular flexibility index (Phi) is 6.11. The van der Waals surface area contributed by atoms with Gasteiger partial charge in [-0.2, -0.15) is 13.3 Å². The molecule has 2 unspecified atom stereocenters. The van der Waals surface area contributed by atoms with Crippen LogP contribution in [0.2, 0.25) is 0 Å². The summed E-state index contributed by atoms with van der Waals surface area (Å²) in [6.07, 6.45) is 2.93. The number of ether oxygens (including phenoxy) is 1. The van der Waals surface area contributed by atoms with Crippen LogP contribution >= 0.6 is 0 Å². The predicted octanol–water partition coefficient (Wildman–Crippen LogP) is 4.31. The number of nitrogen functional groups attached to an aromatic ring is 1. The van der Waals surface area contributed by atoms with Crippen LogP contribution in [0.15, 0.2) is 30.6 Å². The van der Waals surface area contributed by atoms with E-state index in [0.29, 0.717) is 36.1 Å². The second-order valence-electron chi connectivity index (χ2n) is 9.54. The summed E-state index contributed by atoms with van der Waals surface area (Å²) in [7, 11) is 0. The third-order valence-corrected chi connectivity index (χ3v) is 6.74. The van der Waals surface area contributed by atoms with Gasteiger partial charge in [0, 0.05) is 50.3 Å². The van der Waals surface area contributed by atoms with Gasteiger partial charge in [0.05, 0.1) is 0 Å². The number of phenols is 1. The zero-order chi connectivity index (χ0) is 25.6. The quantitative estimate of drug-likeness (QED) is 0.370. The molecule has 1 aromatic carbocycles. The van der Waals surface area contributed by atoms with E-state index in [4.69, 9.17) is 15.5 Å². The van der Waals surface area contributed by atoms with Crippen molar-refractivity contribution in [2.24, 2.45) is 5.92 Å². The van der Waals surface area contributed by atoms with Gasteiger partial charge in [-0.05, 0) is 41.7 Å². The highest BCUT2D eigenvalue weighted by Crippen LogP contribution is 2.38. The summed E-state index contributed by atoms with van der Waals surface area (Å²) in [5, 5.41) is 15.2. The smallest absolute Gasteiger partial charge is 0.395 e. The third kappa shape index (κ3) is 4.50. The number of anilines is 1. The highest BCUT2D eigenvalue weighted by atomic mass is 19.3. The summed E-state index contributed by atoms with van der Waals surface area (Å²) >= 11 is 0. The number of aromatic hydroxyl groups is 1. The number of pyridine rings is 1. The molecule has 0 fully saturated rings. The molecule has 1 aliphatic rings. The first-order chi connectivity index (χ1) is 17.1. The van der Waals surface area contributed by atoms with E-state index >= 15 is 0 Å². The molecule has 1 aliphatic heterocycles. The average Bonchev–Trinajstić information content (AvgIpc) is 3.43. The number of aromatic nitrogens is 5. The average molecular weight is 498 g/mol. The monoisotopic (exact) mass is 497 g/mol. The summed E-state index contributed by atoms with van der Waals surface area (Å²) in [6.45, 7) is 6.65. The van der Waals surface area contributed by atoms with Crippen molar-refractivity contribution in [2.75, 3.05) is 5.73 Å². The second kappa shape index (κ2) is 9.12. The van der Waals surface area contributed by atoms with Gasteiger partial charge in [-0.25, -0.2) is 9.97 Å². The minimum absolute atomic E-state index is 0.00105. The second-order valence-corrected chi connectivity index (χ2v) is 9.54. The van der Waals surface area contributed by atoms with Crippen molar-refractivity contribution in [3.63, 3.8) is 0 Å². The Morgan fingerprint density at radius 3 is 2.69 bits per heavy atom. The zero-order valence-corrected chi connectivity index (χ0v) is 20.4. The minimum atomic E-state index is -3.52. The fourth-order valence-corrected chi connectivity index (χ4v) is 5.07. The molecular formula is C25H29F2N7O2. The molecule has 3 aromatic heterocycles. The number of alkyl halides is 2. The number of phenolic OH excluding ortho intramolecular Hbond substituents is 1. The van der Waals surface area contributed by atoms with Crippen LogP contribution in [0.1, 0.15) is 50.6 Å². The van der Waals surface area contributed by atoms with Gasteiger partial charge >= 0.3 is 6.11 Å². The van der Waals surface area contributed by atoms with Crippen molar-refractivity contribution in [3.05, 3.63) is 47.5 Å². The Labute approximate surface area is 206 Å². The fourth-order valence-electron chi connectivity index (χ4n) is 5.07. The number of benzene rings is 1. The summed E-state index contributed by atoms with van der Waals surface area (Å²) in [5.41, 5.74) is 9.02. The largest absolute Gasteiger partial charge is 0.504 e. The van der Waals surface area contributed by atoms with Gasteiger partial charge in [-0.15, -0.1) is 5.10 Å². The molecule has 190 valence electrons. The first-order valence-electron chi connectivity index (χ1n) is 12.0. The normalized spacial score (nSPS) is 15.9. The van der Waals surface area contributed by atoms with Gasteiger partial charge < -0.3 is 15.6 Å². The molecule has 0 bridgehead atoms. The number of hydrogen-bond acceptors (Lipinski definition) is 8. The summed E-state index contributed by atoms with van der Waals surface area (Å²) < 4.78 is 33.4. The van der Waals surface area contributed by atoms with Crippen molar-refractivity contribution >= 4 is 22.5 Å². The van der Waals surface area contributed by atoms with E-state index in [-0.39, 0.29) is 17.5 Å². The van der Waals surface area contributed by atoms with Crippen molar-refractivity contribution < 1.29 is 18.6 Å². The molecular weight excluding hydrogens is 468 g/mol. The van der Waals surface area contributed by atoms with E-state index in [2.05, 4.69) is 39.9 Å². The van der Waals surface area contributed by atoms with Crippen LogP contribution in [0.25, 0.3) is 16.6 Å². The lowest BCUT2D eigenvalue weighted by atomic mass is 9.93. The number of nitrogens with two attached hydrogens (primary N) is 1. The highest BCUT2D eigenvalue weighted by Gasteiger charge is 2.32. The maximum atomic E-state index is 13.6. The van der Waals surface area contributed by atoms with E-state index in [9.17, 15) is 13.9 Å². The molecule has 0 spiro atoms. The lowest BCUT2D eigenvalue weighted by molar-refractivity contribution is -0.159. The maximum Gasteiger partial charge on any atom is 0.395 e. The first-order valence-corrected chi connectivity index (χ1v) is 12.0. The van der Waals surface area contributed by atoms with Gasteiger partial charge in [0.2, 0.25) is 5.95 Å². The van der Waals surface area contributed by atoms with Crippen LogP contribution in [0.5, 0.6) is 11.5 Å². The molecule has 0 radical (unpaired) electrons. The molecule has 3 N–H and O–H groups in total. The lowest BCUT2D eigenvalue weighted by Gasteiger charge is -2.32. The summed E-state index contributed by atoms with van der Waals surface area (Å²) in [6, 6.07) is 5.06. The number of rotatable bonds is 8. The van der Waals surface area contributed by atoms with E-state index in [0.717, 1.165) is 25.9 Å². The van der Waals surface area contributed by atoms with Gasteiger partial charge in [-0.3, -0.25) is 9.88 Å². The topological polar surface area (TPSA) is 115 Å². The first kappa shape index (κ1) is 24.1. The Morgan fingerprint density at radius 1 is 1.19 bits per heavy atom. The Hall–Kier alpha value is -3.60. The van der Waals surface area contributed by atoms with Crippen LogP contribution in [-0.4, -0.2) is 46.7 Å². The molecule has 0 aliphatic carbocycles. The van der Waals surface area contributed by atoms with Gasteiger partial charge in [0.1, 0.15) is 5.52 Å². The van der Waals surface area contributed by atoms with E-state index < -0.39 is 17.6 Å². The molecule has 36 heavy (non-hydrogen) atoms. The van der Waals surface area contributed by atoms with Crippen molar-refractivity contribution in [1.29, 1.82) is 0 Å². The molecule has 0 saturated carbocycles. The van der Waals surface area contributed by atoms with E-state index in [1.807, 2.05) is 12.4 Å². The molecule has 2 atom stereocenters. The molecule has 4 aromatic rings. The van der Waals surface area contributed by atoms with Crippen molar-refractivity contribution in [3.8, 4) is 11.5 Å². The highest BCUT2D eigenvalue weighted by molar-refractivity contribution is 5.97. The zero-order valence-electron chi connectivity index (χ0n) is 20.4. The Morgan fingerprint density at radius 2 is 1.97 bits per heavy atom. The predicted molar refractivity (Wildman–Crippen MR) is 131 cm³/mol. The molecule has 0 amide bonds. The molecule has 0 saturated heterocycles. The van der Waals surface area contributed by atoms with Crippen LogP contribution in [0, 0.1) is 5.92 Å². The van der Waals surface area contributed by atoms with Gasteiger partial charge in [-0.1, -0.05) is 20.3 Å². The Balaban J connectivity index is 1.53. The van der Waals surface area contributed by atoms with Crippen LogP contribution < -0.4 is 10.5 Å². The van der Waals surface area contributed by atoms with E-state index in [1.54, 1.807) is 6.07 Å². The van der Waals surface area contributed by atoms with Crippen molar-refractivity contribution in [2.45, 2.75) is 65.3 Å². The molecule has 11 heteroatoms. The fraction of sp³-hybridized carbons (Fsp3) is 0.440. The minimum Gasteiger partial charge on any atom is -0.504 e. The summed E-state index contributed by atoms with van der Waals surface area (Å²) in [4.78, 5) is 15.7. The lowest BCUT2D eigenvalue weighted by Crippen LogP contribution is -2.38. The van der Waals surface area contributed by atoms with Crippen LogP contribution in [0.4, 0.5) is 14.7 Å². The molecule has 5 rings (SSSR count). The number of hydrogen-bond donors (Lipinski definition) is 2. The third-order valence-electron chi connectivity index (χ3n) is 6.74. The number of halogens is 2. The van der Waals surface area contributed by atoms with Gasteiger partial charge in [0.15, 0.2) is 23.0 Å². The van der Waals surface area contributed by atoms with Crippen LogP contribution in [-0.2, 0) is 19.5 Å². The van der Waals surface area contributed by atoms with Crippen molar-refractivity contribution in [1.82, 2.24) is 29.5 Å². The maximum absolute atomic E-state index is 13.6. The SMILES string of the molecule is CCCC(C)C(Cc1nc2c3ccc(O)c(OC(C)(F)F)c3nc(N)n2n1)N1Cc2ccncc2C1. The number of nitrogens with zero attached hydrogens (tertiary/aromatic N) is 6. The van der Waals surface area contributed by atoms with Gasteiger partial charge in [0.25, 0.3) is 0 Å². The standard InChI is InChI=1S/C25H29F2N7O2/c1-4-5-14(2)18(33-12-15-8-9-29-11-16(15)13-33)10-20-30-23-17-6-7-19(35)22(36-25(3,26)27)21(17)31-24(28)34(23)32-20/h6-9,11,14,18,35H,4-5,10,12-13H2,1-3H3,(H2,28,31). The van der Waals surface area contributed by atoms with Crippen LogP contribution in [0.3, 0.4) is 0 Å². The Bertz CT molecular complexity index is 1390. The number of fused-ring (bicyclic) bond motifs is 4. The molecule has 9 nitrogen and oxygen atoms in total. The van der Waals surface area contributed by atoms with E-state index in [1.165, 1.54) is 21.7 Å². The molecule has 4 heterocycles. The summed E-state index contributed by atoms with van der Waals surface area (Å²) in [5.74, 6) is 0.0198.